The highest BCUT2D eigenvalue weighted by molar-refractivity contribution is 6.31. The molecule has 3 nitrogen and oxygen atoms in total. The van der Waals surface area contributed by atoms with Gasteiger partial charge in [-0.1, -0.05) is 38.3 Å². The molecule has 1 aromatic rings. The lowest BCUT2D eigenvalue weighted by Gasteiger charge is -2.24. The lowest BCUT2D eigenvalue weighted by atomic mass is 9.96. The maximum Gasteiger partial charge on any atom is 0.225 e. The van der Waals surface area contributed by atoms with Gasteiger partial charge in [-0.2, -0.15) is 0 Å². The van der Waals surface area contributed by atoms with Crippen LogP contribution in [0.15, 0.2) is 18.2 Å². The average Bonchev–Trinajstić information content (AvgIpc) is 2.41. The van der Waals surface area contributed by atoms with E-state index in [0.29, 0.717) is 17.3 Å². The fourth-order valence-corrected chi connectivity index (χ4v) is 2.63. The average molecular weight is 297 g/mol. The fourth-order valence-electron chi connectivity index (χ4n) is 2.45. The minimum atomic E-state index is 0.120. The third kappa shape index (κ3) is 4.71. The van der Waals surface area contributed by atoms with E-state index in [2.05, 4.69) is 13.8 Å². The highest BCUT2D eigenvalue weighted by Gasteiger charge is 2.21. The normalized spacial score (nSPS) is 10.8. The minimum Gasteiger partial charge on any atom is -0.399 e. The highest BCUT2D eigenvalue weighted by atomic mass is 35.5. The number of hydrogen-bond acceptors (Lipinski definition) is 2. The van der Waals surface area contributed by atoms with E-state index in [-0.39, 0.29) is 11.8 Å². The molecule has 0 fully saturated rings. The molecule has 112 valence electrons. The molecule has 0 aliphatic heterocycles. The van der Waals surface area contributed by atoms with Gasteiger partial charge in [0.2, 0.25) is 5.91 Å². The topological polar surface area (TPSA) is 46.3 Å². The van der Waals surface area contributed by atoms with E-state index >= 15 is 0 Å². The van der Waals surface area contributed by atoms with Crippen molar-refractivity contribution in [2.24, 2.45) is 5.92 Å². The van der Waals surface area contributed by atoms with Gasteiger partial charge in [0.25, 0.3) is 0 Å². The highest BCUT2D eigenvalue weighted by Crippen LogP contribution is 2.22. The Hall–Kier alpha value is -1.22. The predicted octanol–water partition coefficient (Wildman–Crippen LogP) is 4.10. The van der Waals surface area contributed by atoms with Gasteiger partial charge in [-0.05, 0) is 36.6 Å². The third-order valence-corrected chi connectivity index (χ3v) is 3.85. The van der Waals surface area contributed by atoms with E-state index in [1.54, 1.807) is 17.0 Å². The van der Waals surface area contributed by atoms with Gasteiger partial charge in [0.05, 0.1) is 0 Å². The lowest BCUT2D eigenvalue weighted by molar-refractivity contribution is -0.135. The second kappa shape index (κ2) is 8.15. The summed E-state index contributed by atoms with van der Waals surface area (Å²) in [5, 5.41) is 0.654. The first-order valence-corrected chi connectivity index (χ1v) is 7.66. The van der Waals surface area contributed by atoms with Crippen molar-refractivity contribution >= 4 is 23.2 Å². The van der Waals surface area contributed by atoms with Gasteiger partial charge in [0.15, 0.2) is 0 Å². The van der Waals surface area contributed by atoms with E-state index in [0.717, 1.165) is 31.2 Å². The Morgan fingerprint density at radius 2 is 1.90 bits per heavy atom. The zero-order chi connectivity index (χ0) is 15.1. The quantitative estimate of drug-likeness (QED) is 0.770. The van der Waals surface area contributed by atoms with Crippen molar-refractivity contribution in [3.8, 4) is 0 Å². The molecule has 0 saturated carbocycles. The van der Waals surface area contributed by atoms with Crippen molar-refractivity contribution in [2.45, 2.75) is 46.1 Å². The maximum atomic E-state index is 12.5. The SMILES string of the molecule is CCCC(CCC)C(=O)N(C)Cc1cc(N)ccc1Cl. The lowest BCUT2D eigenvalue weighted by Crippen LogP contribution is -2.32. The van der Waals surface area contributed by atoms with Crippen molar-refractivity contribution in [3.63, 3.8) is 0 Å². The molecule has 0 aromatic heterocycles. The van der Waals surface area contributed by atoms with Crippen LogP contribution in [0.1, 0.15) is 45.1 Å². The molecule has 0 radical (unpaired) electrons. The zero-order valence-electron chi connectivity index (χ0n) is 12.7. The summed E-state index contributed by atoms with van der Waals surface area (Å²) in [7, 11) is 1.83. The molecular formula is C16H25ClN2O. The van der Waals surface area contributed by atoms with E-state index in [1.165, 1.54) is 0 Å². The number of nitrogens with zero attached hydrogens (tertiary/aromatic N) is 1. The van der Waals surface area contributed by atoms with E-state index in [9.17, 15) is 4.79 Å². The molecule has 1 amide bonds. The number of anilines is 1. The molecule has 0 saturated heterocycles. The number of benzene rings is 1. The summed E-state index contributed by atoms with van der Waals surface area (Å²) in [5.41, 5.74) is 7.34. The molecule has 0 bridgehead atoms. The molecule has 2 N–H and O–H groups in total. The van der Waals surface area contributed by atoms with Crippen LogP contribution < -0.4 is 5.73 Å². The van der Waals surface area contributed by atoms with Crippen molar-refractivity contribution in [1.82, 2.24) is 4.90 Å². The second-order valence-corrected chi connectivity index (χ2v) is 5.73. The van der Waals surface area contributed by atoms with E-state index in [4.69, 9.17) is 17.3 Å². The van der Waals surface area contributed by atoms with Gasteiger partial charge in [-0.3, -0.25) is 4.79 Å². The number of rotatable bonds is 7. The van der Waals surface area contributed by atoms with E-state index < -0.39 is 0 Å². The van der Waals surface area contributed by atoms with Gasteiger partial charge in [-0.25, -0.2) is 0 Å². The number of hydrogen-bond donors (Lipinski definition) is 1. The summed E-state index contributed by atoms with van der Waals surface area (Å²) in [6, 6.07) is 5.38. The molecule has 1 aromatic carbocycles. The molecule has 0 atom stereocenters. The van der Waals surface area contributed by atoms with Crippen molar-refractivity contribution in [3.05, 3.63) is 28.8 Å². The van der Waals surface area contributed by atoms with E-state index in [1.807, 2.05) is 13.1 Å². The van der Waals surface area contributed by atoms with Crippen LogP contribution in [0.25, 0.3) is 0 Å². The Morgan fingerprint density at radius 3 is 2.45 bits per heavy atom. The Kier molecular flexibility index (Phi) is 6.86. The number of amides is 1. The van der Waals surface area contributed by atoms with Gasteiger partial charge >= 0.3 is 0 Å². The smallest absolute Gasteiger partial charge is 0.225 e. The van der Waals surface area contributed by atoms with Crippen LogP contribution in [-0.4, -0.2) is 17.9 Å². The predicted molar refractivity (Wildman–Crippen MR) is 85.6 cm³/mol. The molecule has 0 unspecified atom stereocenters. The second-order valence-electron chi connectivity index (χ2n) is 5.32. The number of carbonyl (C=O) groups excluding carboxylic acids is 1. The molecule has 0 aliphatic rings. The van der Waals surface area contributed by atoms with Gasteiger partial charge in [0, 0.05) is 30.2 Å². The summed E-state index contributed by atoms with van der Waals surface area (Å²) in [5.74, 6) is 0.321. The van der Waals surface area contributed by atoms with Gasteiger partial charge in [0.1, 0.15) is 0 Å². The van der Waals surface area contributed by atoms with Crippen LogP contribution in [0.2, 0.25) is 5.02 Å². The van der Waals surface area contributed by atoms with Crippen molar-refractivity contribution in [2.75, 3.05) is 12.8 Å². The van der Waals surface area contributed by atoms with Gasteiger partial charge in [-0.15, -0.1) is 0 Å². The molecule has 0 heterocycles. The first-order valence-electron chi connectivity index (χ1n) is 7.28. The molecule has 0 spiro atoms. The summed E-state index contributed by atoms with van der Waals surface area (Å²) < 4.78 is 0. The largest absolute Gasteiger partial charge is 0.399 e. The molecule has 1 rings (SSSR count). The number of halogens is 1. The Bertz CT molecular complexity index is 442. The zero-order valence-corrected chi connectivity index (χ0v) is 13.4. The Balaban J connectivity index is 2.75. The van der Waals surface area contributed by atoms with Crippen LogP contribution in [0.4, 0.5) is 5.69 Å². The third-order valence-electron chi connectivity index (χ3n) is 3.48. The summed E-state index contributed by atoms with van der Waals surface area (Å²) in [4.78, 5) is 14.2. The number of nitrogen functional groups attached to an aromatic ring is 1. The van der Waals surface area contributed by atoms with Crippen LogP contribution in [0, 0.1) is 5.92 Å². The number of nitrogens with two attached hydrogens (primary N) is 1. The van der Waals surface area contributed by atoms with Crippen molar-refractivity contribution in [1.29, 1.82) is 0 Å². The van der Waals surface area contributed by atoms with Crippen LogP contribution in [0.3, 0.4) is 0 Å². The van der Waals surface area contributed by atoms with Crippen LogP contribution in [0.5, 0.6) is 0 Å². The fraction of sp³-hybridized carbons (Fsp3) is 0.562. The standard InChI is InChI=1S/C16H25ClN2O/c1-4-6-12(7-5-2)16(20)19(3)11-13-10-14(18)8-9-15(13)17/h8-10,12H,4-7,11,18H2,1-3H3. The minimum absolute atomic E-state index is 0.120. The molecule has 4 heteroatoms. The first-order chi connectivity index (χ1) is 9.49. The molecule has 0 aliphatic carbocycles. The monoisotopic (exact) mass is 296 g/mol. The maximum absolute atomic E-state index is 12.5. The molecular weight excluding hydrogens is 272 g/mol. The Labute approximate surface area is 127 Å². The van der Waals surface area contributed by atoms with Crippen LogP contribution >= 0.6 is 11.6 Å². The summed E-state index contributed by atoms with van der Waals surface area (Å²) in [6.45, 7) is 4.74. The number of carbonyl (C=O) groups is 1. The Morgan fingerprint density at radius 1 is 1.30 bits per heavy atom. The summed E-state index contributed by atoms with van der Waals surface area (Å²) >= 11 is 6.15. The van der Waals surface area contributed by atoms with Crippen LogP contribution in [-0.2, 0) is 11.3 Å². The van der Waals surface area contributed by atoms with Gasteiger partial charge < -0.3 is 10.6 Å². The first kappa shape index (κ1) is 16.8. The molecule has 20 heavy (non-hydrogen) atoms. The van der Waals surface area contributed by atoms with Crippen molar-refractivity contribution < 1.29 is 4.79 Å². The summed E-state index contributed by atoms with van der Waals surface area (Å²) in [6.07, 6.45) is 3.95.